The lowest BCUT2D eigenvalue weighted by atomic mass is 10.1. The Morgan fingerprint density at radius 3 is 2.66 bits per heavy atom. The molecule has 29 heavy (non-hydrogen) atoms. The second kappa shape index (κ2) is 8.26. The average molecular weight is 389 g/mol. The fourth-order valence-corrected chi connectivity index (χ4v) is 3.54. The molecule has 3 heterocycles. The lowest BCUT2D eigenvalue weighted by Crippen LogP contribution is -2.27. The zero-order valence-electron chi connectivity index (χ0n) is 16.3. The fraction of sp³-hybridized carbons (Fsp3) is 0.273. The summed E-state index contributed by atoms with van der Waals surface area (Å²) in [6.45, 7) is 0.594. The third kappa shape index (κ3) is 3.89. The monoisotopic (exact) mass is 389 g/mol. The lowest BCUT2D eigenvalue weighted by Gasteiger charge is -2.10. The lowest BCUT2D eigenvalue weighted by molar-refractivity contribution is 0.0954. The normalized spacial score (nSPS) is 11.2. The Hall–Kier alpha value is -3.48. The van der Waals surface area contributed by atoms with E-state index in [-0.39, 0.29) is 11.5 Å². The number of nitrogens with one attached hydrogen (secondary N) is 1. The van der Waals surface area contributed by atoms with Crippen molar-refractivity contribution in [2.75, 3.05) is 6.54 Å². The molecule has 1 aromatic carbocycles. The number of amides is 1. The summed E-state index contributed by atoms with van der Waals surface area (Å²) in [6, 6.07) is 13.1. The zero-order chi connectivity index (χ0) is 20.2. The largest absolute Gasteiger partial charge is 0.352 e. The van der Waals surface area contributed by atoms with E-state index >= 15 is 0 Å². The summed E-state index contributed by atoms with van der Waals surface area (Å²) < 4.78 is 3.46. The van der Waals surface area contributed by atoms with Crippen molar-refractivity contribution >= 4 is 22.3 Å². The van der Waals surface area contributed by atoms with Gasteiger partial charge in [0.05, 0.1) is 5.56 Å². The Morgan fingerprint density at radius 1 is 1.00 bits per heavy atom. The van der Waals surface area contributed by atoms with Gasteiger partial charge in [-0.2, -0.15) is 0 Å². The van der Waals surface area contributed by atoms with Gasteiger partial charge in [-0.05, 0) is 31.0 Å². The van der Waals surface area contributed by atoms with E-state index in [1.54, 1.807) is 19.3 Å². The van der Waals surface area contributed by atoms with Crippen LogP contribution in [0.15, 0.2) is 59.7 Å². The molecule has 7 heteroatoms. The molecule has 0 radical (unpaired) electrons. The molecule has 1 amide bonds. The summed E-state index contributed by atoms with van der Waals surface area (Å²) in [5, 5.41) is 12.6. The highest BCUT2D eigenvalue weighted by Crippen LogP contribution is 2.15. The third-order valence-corrected chi connectivity index (χ3v) is 5.08. The van der Waals surface area contributed by atoms with Crippen LogP contribution in [0.1, 0.15) is 35.4 Å². The van der Waals surface area contributed by atoms with Crippen molar-refractivity contribution in [2.24, 2.45) is 7.05 Å². The molecule has 148 valence electrons. The quantitative estimate of drug-likeness (QED) is 0.493. The van der Waals surface area contributed by atoms with Gasteiger partial charge in [0, 0.05) is 43.2 Å². The Labute approximate surface area is 168 Å². The predicted octanol–water partition coefficient (Wildman–Crippen LogP) is 2.72. The summed E-state index contributed by atoms with van der Waals surface area (Å²) in [6.07, 6.45) is 7.28. The molecular formula is C22H23N5O2. The molecule has 4 rings (SSSR count). The number of aryl methyl sites for hydroxylation is 2. The number of hydrogen-bond donors (Lipinski definition) is 1. The van der Waals surface area contributed by atoms with Gasteiger partial charge >= 0.3 is 0 Å². The number of nitrogens with zero attached hydrogens (tertiary/aromatic N) is 4. The first-order valence-electron chi connectivity index (χ1n) is 9.80. The van der Waals surface area contributed by atoms with Gasteiger partial charge in [0.15, 0.2) is 5.65 Å². The number of benzene rings is 1. The van der Waals surface area contributed by atoms with Crippen LogP contribution >= 0.6 is 0 Å². The molecule has 0 aliphatic rings. The van der Waals surface area contributed by atoms with E-state index in [1.165, 1.54) is 4.57 Å². The van der Waals surface area contributed by atoms with Gasteiger partial charge < -0.3 is 9.88 Å². The van der Waals surface area contributed by atoms with Crippen LogP contribution in [-0.4, -0.2) is 31.6 Å². The van der Waals surface area contributed by atoms with Crippen molar-refractivity contribution in [1.82, 2.24) is 24.5 Å². The number of fused-ring (bicyclic) bond motifs is 2. The molecular weight excluding hydrogens is 366 g/mol. The molecule has 0 atom stereocenters. The van der Waals surface area contributed by atoms with E-state index < -0.39 is 0 Å². The minimum Gasteiger partial charge on any atom is -0.352 e. The second-order valence-electron chi connectivity index (χ2n) is 7.12. The first-order valence-corrected chi connectivity index (χ1v) is 9.80. The van der Waals surface area contributed by atoms with Gasteiger partial charge in [-0.1, -0.05) is 30.7 Å². The molecule has 0 unspecified atom stereocenters. The smallest absolute Gasteiger partial charge is 0.258 e. The SMILES string of the molecule is Cn1cc(C(=O)NCCCCCc2nnc3ccccn23)c2ccccc2c1=O. The number of pyridine rings is 2. The standard InChI is InChI=1S/C22H23N5O2/c1-26-15-18(16-9-4-5-10-17(16)22(26)29)21(28)23-13-7-2-3-11-19-24-25-20-12-6-8-14-27(19)20/h4-6,8-10,12,14-15H,2-3,7,11,13H2,1H3,(H,23,28). The topological polar surface area (TPSA) is 81.3 Å². The Morgan fingerprint density at radius 2 is 1.79 bits per heavy atom. The number of hydrogen-bond acceptors (Lipinski definition) is 4. The highest BCUT2D eigenvalue weighted by atomic mass is 16.2. The molecule has 4 aromatic rings. The van der Waals surface area contributed by atoms with Crippen LogP contribution in [0, 0.1) is 0 Å². The van der Waals surface area contributed by atoms with Gasteiger partial charge in [-0.15, -0.1) is 10.2 Å². The van der Waals surface area contributed by atoms with Gasteiger partial charge in [0.25, 0.3) is 11.5 Å². The van der Waals surface area contributed by atoms with Crippen LogP contribution in [0.3, 0.4) is 0 Å². The second-order valence-corrected chi connectivity index (χ2v) is 7.12. The van der Waals surface area contributed by atoms with E-state index in [9.17, 15) is 9.59 Å². The number of carbonyl (C=O) groups is 1. The van der Waals surface area contributed by atoms with Crippen molar-refractivity contribution in [3.63, 3.8) is 0 Å². The maximum Gasteiger partial charge on any atom is 0.258 e. The Bertz CT molecular complexity index is 1220. The molecule has 0 aliphatic carbocycles. The van der Waals surface area contributed by atoms with Gasteiger partial charge in [0.1, 0.15) is 5.82 Å². The highest BCUT2D eigenvalue weighted by Gasteiger charge is 2.13. The van der Waals surface area contributed by atoms with Crippen molar-refractivity contribution < 1.29 is 4.79 Å². The maximum atomic E-state index is 12.6. The van der Waals surface area contributed by atoms with E-state index in [0.717, 1.165) is 37.2 Å². The number of unbranched alkanes of at least 4 members (excludes halogenated alkanes) is 2. The van der Waals surface area contributed by atoms with Crippen LogP contribution in [-0.2, 0) is 13.5 Å². The third-order valence-electron chi connectivity index (χ3n) is 5.08. The number of rotatable bonds is 7. The van der Waals surface area contributed by atoms with Crippen LogP contribution in [0.5, 0.6) is 0 Å². The molecule has 0 fully saturated rings. The molecule has 1 N–H and O–H groups in total. The summed E-state index contributed by atoms with van der Waals surface area (Å²) in [5.41, 5.74) is 1.29. The maximum absolute atomic E-state index is 12.6. The van der Waals surface area contributed by atoms with E-state index in [0.29, 0.717) is 22.9 Å². The molecule has 7 nitrogen and oxygen atoms in total. The highest BCUT2D eigenvalue weighted by molar-refractivity contribution is 6.06. The van der Waals surface area contributed by atoms with Gasteiger partial charge in [0.2, 0.25) is 0 Å². The summed E-state index contributed by atoms with van der Waals surface area (Å²) in [4.78, 5) is 24.9. The molecule has 0 saturated heterocycles. The molecule has 3 aromatic heterocycles. The van der Waals surface area contributed by atoms with Gasteiger partial charge in [-0.3, -0.25) is 14.0 Å². The van der Waals surface area contributed by atoms with Crippen LogP contribution in [0.25, 0.3) is 16.4 Å². The predicted molar refractivity (Wildman–Crippen MR) is 112 cm³/mol. The Balaban J connectivity index is 1.30. The first kappa shape index (κ1) is 18.9. The zero-order valence-corrected chi connectivity index (χ0v) is 16.3. The van der Waals surface area contributed by atoms with Crippen LogP contribution < -0.4 is 10.9 Å². The summed E-state index contributed by atoms with van der Waals surface area (Å²) >= 11 is 0. The minimum atomic E-state index is -0.153. The molecule has 0 spiro atoms. The van der Waals surface area contributed by atoms with E-state index in [1.807, 2.05) is 47.0 Å². The molecule has 0 bridgehead atoms. The van der Waals surface area contributed by atoms with E-state index in [4.69, 9.17) is 0 Å². The molecule has 0 saturated carbocycles. The summed E-state index contributed by atoms with van der Waals surface area (Å²) in [5.74, 6) is 0.807. The first-order chi connectivity index (χ1) is 14.1. The minimum absolute atomic E-state index is 0.0989. The van der Waals surface area contributed by atoms with Crippen LogP contribution in [0.2, 0.25) is 0 Å². The number of aromatic nitrogens is 4. The van der Waals surface area contributed by atoms with Crippen molar-refractivity contribution in [3.05, 3.63) is 76.6 Å². The van der Waals surface area contributed by atoms with Crippen molar-refractivity contribution in [3.8, 4) is 0 Å². The molecule has 0 aliphatic heterocycles. The Kier molecular flexibility index (Phi) is 5.37. The van der Waals surface area contributed by atoms with E-state index in [2.05, 4.69) is 15.5 Å². The van der Waals surface area contributed by atoms with Crippen molar-refractivity contribution in [2.45, 2.75) is 25.7 Å². The van der Waals surface area contributed by atoms with Crippen molar-refractivity contribution in [1.29, 1.82) is 0 Å². The average Bonchev–Trinajstić information content (AvgIpc) is 3.16. The van der Waals surface area contributed by atoms with Gasteiger partial charge in [-0.25, -0.2) is 0 Å². The number of carbonyl (C=O) groups excluding carboxylic acids is 1. The van der Waals surface area contributed by atoms with Crippen LogP contribution in [0.4, 0.5) is 0 Å². The fourth-order valence-electron chi connectivity index (χ4n) is 3.54. The summed E-state index contributed by atoms with van der Waals surface area (Å²) in [7, 11) is 1.67.